The van der Waals surface area contributed by atoms with Crippen LogP contribution in [0.3, 0.4) is 0 Å². The van der Waals surface area contributed by atoms with Crippen molar-refractivity contribution in [3.05, 3.63) is 53.8 Å². The summed E-state index contributed by atoms with van der Waals surface area (Å²) in [5.74, 6) is 1.15. The van der Waals surface area contributed by atoms with Gasteiger partial charge in [0, 0.05) is 36.5 Å². The summed E-state index contributed by atoms with van der Waals surface area (Å²) in [7, 11) is 0. The average molecular weight is 322 g/mol. The lowest BCUT2D eigenvalue weighted by molar-refractivity contribution is -0.112. The zero-order chi connectivity index (χ0) is 16.7. The topological polar surface area (TPSA) is 32.3 Å². The number of carbonyl (C=O) groups is 1. The first-order valence-electron chi connectivity index (χ1n) is 9.10. The maximum absolute atomic E-state index is 12.5. The van der Waals surface area contributed by atoms with Crippen molar-refractivity contribution < 1.29 is 4.79 Å². The quantitative estimate of drug-likeness (QED) is 0.846. The van der Waals surface area contributed by atoms with Crippen LogP contribution in [-0.4, -0.2) is 23.9 Å². The Hall–Kier alpha value is -2.03. The van der Waals surface area contributed by atoms with Crippen molar-refractivity contribution in [3.63, 3.8) is 0 Å². The molecule has 24 heavy (non-hydrogen) atoms. The smallest absolute Gasteiger partial charge is 0.248 e. The van der Waals surface area contributed by atoms with Crippen LogP contribution in [-0.2, 0) is 4.79 Å². The van der Waals surface area contributed by atoms with E-state index in [4.69, 9.17) is 0 Å². The lowest BCUT2D eigenvalue weighted by Gasteiger charge is -2.58. The van der Waals surface area contributed by atoms with E-state index in [9.17, 15) is 4.79 Å². The molecule has 0 spiro atoms. The number of likely N-dealkylation sites (tertiary alicyclic amines) is 1. The summed E-state index contributed by atoms with van der Waals surface area (Å²) in [6, 6.07) is 9.68. The molecule has 1 amide bonds. The SMILES string of the molecule is CC1(C)[C@@H]2C[C@@H]1C(N1CCCC1)=CC2=CC(=O)Nc1ccccc1. The summed E-state index contributed by atoms with van der Waals surface area (Å²) in [5.41, 5.74) is 3.80. The number of benzene rings is 1. The van der Waals surface area contributed by atoms with Gasteiger partial charge in [0.1, 0.15) is 0 Å². The Morgan fingerprint density at radius 2 is 1.88 bits per heavy atom. The summed E-state index contributed by atoms with van der Waals surface area (Å²) < 4.78 is 0. The number of anilines is 1. The largest absolute Gasteiger partial charge is 0.375 e. The van der Waals surface area contributed by atoms with Gasteiger partial charge in [0.2, 0.25) is 5.91 Å². The molecule has 0 aromatic heterocycles. The molecule has 2 bridgehead atoms. The van der Waals surface area contributed by atoms with E-state index in [2.05, 4.69) is 30.1 Å². The summed E-state index contributed by atoms with van der Waals surface area (Å²) in [6.07, 6.45) is 7.91. The molecule has 1 saturated carbocycles. The monoisotopic (exact) mass is 322 g/mol. The zero-order valence-electron chi connectivity index (χ0n) is 14.6. The van der Waals surface area contributed by atoms with Crippen LogP contribution in [0, 0.1) is 17.3 Å². The van der Waals surface area contributed by atoms with E-state index in [0.717, 1.165) is 5.69 Å². The van der Waals surface area contributed by atoms with Crippen molar-refractivity contribution in [1.29, 1.82) is 0 Å². The molecule has 1 N–H and O–H groups in total. The van der Waals surface area contributed by atoms with Crippen molar-refractivity contribution in [1.82, 2.24) is 4.90 Å². The fourth-order valence-corrected chi connectivity index (χ4v) is 4.65. The van der Waals surface area contributed by atoms with E-state index in [-0.39, 0.29) is 11.3 Å². The third-order valence-corrected chi connectivity index (χ3v) is 6.15. The molecule has 5 rings (SSSR count). The molecule has 1 aliphatic heterocycles. The van der Waals surface area contributed by atoms with Crippen molar-refractivity contribution in [3.8, 4) is 0 Å². The molecule has 3 nitrogen and oxygen atoms in total. The van der Waals surface area contributed by atoms with Crippen LogP contribution >= 0.6 is 0 Å². The van der Waals surface area contributed by atoms with Gasteiger partial charge < -0.3 is 10.2 Å². The average Bonchev–Trinajstić information content (AvgIpc) is 3.09. The molecular weight excluding hydrogens is 296 g/mol. The highest BCUT2D eigenvalue weighted by Gasteiger charge is 2.54. The summed E-state index contributed by atoms with van der Waals surface area (Å²) in [5, 5.41) is 2.98. The Morgan fingerprint density at radius 1 is 1.17 bits per heavy atom. The first-order chi connectivity index (χ1) is 11.6. The number of hydrogen-bond acceptors (Lipinski definition) is 2. The number of para-hydroxylation sites is 1. The second kappa shape index (κ2) is 5.80. The molecule has 3 heteroatoms. The number of nitrogens with zero attached hydrogens (tertiary/aromatic N) is 1. The van der Waals surface area contributed by atoms with Crippen molar-refractivity contribution in [2.75, 3.05) is 18.4 Å². The number of carbonyl (C=O) groups excluding carboxylic acids is 1. The van der Waals surface area contributed by atoms with Crippen LogP contribution in [0.5, 0.6) is 0 Å². The summed E-state index contributed by atoms with van der Waals surface area (Å²) in [4.78, 5) is 15.0. The minimum absolute atomic E-state index is 0.0191. The lowest BCUT2D eigenvalue weighted by atomic mass is 9.48. The van der Waals surface area contributed by atoms with Gasteiger partial charge in [0.15, 0.2) is 0 Å². The maximum atomic E-state index is 12.5. The van der Waals surface area contributed by atoms with Crippen LogP contribution in [0.25, 0.3) is 0 Å². The number of amides is 1. The van der Waals surface area contributed by atoms with Gasteiger partial charge in [-0.3, -0.25) is 4.79 Å². The molecule has 1 saturated heterocycles. The Morgan fingerprint density at radius 3 is 2.54 bits per heavy atom. The van der Waals surface area contributed by atoms with E-state index in [1.807, 2.05) is 36.4 Å². The zero-order valence-corrected chi connectivity index (χ0v) is 14.6. The van der Waals surface area contributed by atoms with E-state index >= 15 is 0 Å². The highest BCUT2D eigenvalue weighted by atomic mass is 16.1. The van der Waals surface area contributed by atoms with Gasteiger partial charge in [0.05, 0.1) is 0 Å². The molecule has 2 atom stereocenters. The Balaban J connectivity index is 1.59. The summed E-state index contributed by atoms with van der Waals surface area (Å²) >= 11 is 0. The first kappa shape index (κ1) is 15.5. The van der Waals surface area contributed by atoms with Crippen LogP contribution in [0.4, 0.5) is 5.69 Å². The number of hydrogen-bond donors (Lipinski definition) is 1. The third kappa shape index (κ3) is 2.56. The van der Waals surface area contributed by atoms with Gasteiger partial charge in [-0.25, -0.2) is 0 Å². The van der Waals surface area contributed by atoms with Gasteiger partial charge >= 0.3 is 0 Å². The molecule has 4 aliphatic rings. The van der Waals surface area contributed by atoms with Crippen molar-refractivity contribution >= 4 is 11.6 Å². The molecule has 0 unspecified atom stereocenters. The van der Waals surface area contributed by atoms with Gasteiger partial charge in [-0.05, 0) is 54.4 Å². The fourth-order valence-electron chi connectivity index (χ4n) is 4.65. The maximum Gasteiger partial charge on any atom is 0.248 e. The highest BCUT2D eigenvalue weighted by molar-refractivity contribution is 6.00. The van der Waals surface area contributed by atoms with E-state index in [1.54, 1.807) is 0 Å². The second-order valence-corrected chi connectivity index (χ2v) is 7.93. The number of rotatable bonds is 3. The van der Waals surface area contributed by atoms with E-state index in [1.165, 1.54) is 43.6 Å². The van der Waals surface area contributed by atoms with E-state index < -0.39 is 0 Å². The van der Waals surface area contributed by atoms with Crippen LogP contribution in [0.15, 0.2) is 53.8 Å². The van der Waals surface area contributed by atoms with Gasteiger partial charge in [-0.2, -0.15) is 0 Å². The molecule has 126 valence electrons. The predicted octanol–water partition coefficient (Wildman–Crippen LogP) is 4.21. The highest BCUT2D eigenvalue weighted by Crippen LogP contribution is 2.61. The molecule has 1 heterocycles. The number of nitrogens with one attached hydrogen (secondary N) is 1. The standard InChI is InChI=1S/C21H26N2O/c1-21(2)17-14-18(21)19(23-10-6-7-11-23)12-15(17)13-20(24)22-16-8-4-3-5-9-16/h3-5,8-9,12-13,17-18H,6-7,10-11,14H2,1-2H3,(H,22,24)/t17-,18-/m1/s1. The molecule has 1 aromatic carbocycles. The van der Waals surface area contributed by atoms with Crippen molar-refractivity contribution in [2.45, 2.75) is 33.1 Å². The van der Waals surface area contributed by atoms with Gasteiger partial charge in [-0.15, -0.1) is 0 Å². The number of fused-ring (bicyclic) bond motifs is 1. The Kier molecular flexibility index (Phi) is 3.75. The first-order valence-corrected chi connectivity index (χ1v) is 9.10. The third-order valence-electron chi connectivity index (χ3n) is 6.15. The van der Waals surface area contributed by atoms with Crippen LogP contribution in [0.2, 0.25) is 0 Å². The van der Waals surface area contributed by atoms with Crippen LogP contribution < -0.4 is 5.32 Å². The molecular formula is C21H26N2O. The van der Waals surface area contributed by atoms with Gasteiger partial charge in [0.25, 0.3) is 0 Å². The fraction of sp³-hybridized carbons (Fsp3) is 0.476. The molecule has 0 radical (unpaired) electrons. The molecule has 2 fully saturated rings. The minimum atomic E-state index is -0.0191. The van der Waals surface area contributed by atoms with Gasteiger partial charge in [-0.1, -0.05) is 32.0 Å². The molecule has 3 aliphatic carbocycles. The lowest BCUT2D eigenvalue weighted by Crippen LogP contribution is -2.52. The minimum Gasteiger partial charge on any atom is -0.375 e. The van der Waals surface area contributed by atoms with E-state index in [0.29, 0.717) is 11.8 Å². The molecule has 1 aromatic rings. The normalized spacial score (nSPS) is 29.2. The second-order valence-electron chi connectivity index (χ2n) is 7.93. The Labute approximate surface area is 144 Å². The summed E-state index contributed by atoms with van der Waals surface area (Å²) in [6.45, 7) is 7.06. The predicted molar refractivity (Wildman–Crippen MR) is 97.4 cm³/mol. The van der Waals surface area contributed by atoms with Crippen LogP contribution in [0.1, 0.15) is 33.1 Å². The van der Waals surface area contributed by atoms with Crippen molar-refractivity contribution in [2.24, 2.45) is 17.3 Å². The number of allylic oxidation sites excluding steroid dienone is 3. The Bertz CT molecular complexity index is 696.